The number of piperidine rings is 1. The summed E-state index contributed by atoms with van der Waals surface area (Å²) in [6.45, 7) is 1.89. The van der Waals surface area contributed by atoms with Crippen molar-refractivity contribution < 1.29 is 4.52 Å². The fourth-order valence-electron chi connectivity index (χ4n) is 3.04. The van der Waals surface area contributed by atoms with Crippen LogP contribution in [0.4, 0.5) is 11.8 Å². The summed E-state index contributed by atoms with van der Waals surface area (Å²) in [7, 11) is 3.84. The molecule has 1 aliphatic heterocycles. The van der Waals surface area contributed by atoms with Crippen molar-refractivity contribution in [2.45, 2.75) is 37.5 Å². The van der Waals surface area contributed by atoms with Crippen LogP contribution in [0.2, 0.25) is 0 Å². The zero-order valence-corrected chi connectivity index (χ0v) is 13.6. The van der Waals surface area contributed by atoms with E-state index in [-0.39, 0.29) is 5.92 Å². The van der Waals surface area contributed by atoms with Crippen LogP contribution in [-0.4, -0.2) is 47.3 Å². The van der Waals surface area contributed by atoms with E-state index in [1.807, 2.05) is 31.3 Å². The molecule has 0 N–H and O–H groups in total. The second-order valence-electron chi connectivity index (χ2n) is 6.66. The molecule has 1 unspecified atom stereocenters. The number of rotatable bonds is 4. The molecule has 1 aliphatic carbocycles. The van der Waals surface area contributed by atoms with Gasteiger partial charge in [-0.3, -0.25) is 0 Å². The van der Waals surface area contributed by atoms with Gasteiger partial charge in [0.15, 0.2) is 0 Å². The first-order valence-electron chi connectivity index (χ1n) is 8.29. The fraction of sp³-hybridized carbons (Fsp3) is 0.625. The summed E-state index contributed by atoms with van der Waals surface area (Å²) in [4.78, 5) is 17.9. The van der Waals surface area contributed by atoms with E-state index in [4.69, 9.17) is 9.51 Å². The molecular formula is C16H22N6O. The SMILES string of the molecule is CN(C)c1noc(C2CCCN(c3ccnc(C4CC4)n3)C2)n1. The summed E-state index contributed by atoms with van der Waals surface area (Å²) in [5.41, 5.74) is 0. The first kappa shape index (κ1) is 14.4. The van der Waals surface area contributed by atoms with Crippen molar-refractivity contribution >= 4 is 11.8 Å². The molecule has 0 radical (unpaired) electrons. The minimum Gasteiger partial charge on any atom is -0.356 e. The maximum absolute atomic E-state index is 5.46. The first-order chi connectivity index (χ1) is 11.2. The van der Waals surface area contributed by atoms with Gasteiger partial charge >= 0.3 is 0 Å². The fourth-order valence-corrected chi connectivity index (χ4v) is 3.04. The molecule has 1 saturated heterocycles. The Labute approximate surface area is 135 Å². The average Bonchev–Trinajstić information content (AvgIpc) is 3.31. The van der Waals surface area contributed by atoms with Crippen LogP contribution in [0.25, 0.3) is 0 Å². The van der Waals surface area contributed by atoms with E-state index in [2.05, 4.69) is 20.0 Å². The van der Waals surface area contributed by atoms with Gasteiger partial charge in [-0.15, -0.1) is 0 Å². The highest BCUT2D eigenvalue weighted by Gasteiger charge is 2.29. The Hall–Kier alpha value is -2.18. The lowest BCUT2D eigenvalue weighted by molar-refractivity contribution is 0.332. The van der Waals surface area contributed by atoms with E-state index in [9.17, 15) is 0 Å². The van der Waals surface area contributed by atoms with Crippen LogP contribution in [0.15, 0.2) is 16.8 Å². The lowest BCUT2D eigenvalue weighted by atomic mass is 9.98. The Balaban J connectivity index is 1.51. The molecular weight excluding hydrogens is 292 g/mol. The van der Waals surface area contributed by atoms with E-state index in [1.165, 1.54) is 12.8 Å². The third-order valence-corrected chi connectivity index (χ3v) is 4.53. The number of anilines is 2. The summed E-state index contributed by atoms with van der Waals surface area (Å²) in [6, 6.07) is 2.01. The number of hydrogen-bond acceptors (Lipinski definition) is 7. The normalized spacial score (nSPS) is 21.5. The second kappa shape index (κ2) is 5.79. The zero-order valence-electron chi connectivity index (χ0n) is 13.6. The van der Waals surface area contributed by atoms with E-state index in [1.54, 1.807) is 0 Å². The van der Waals surface area contributed by atoms with Gasteiger partial charge in [0, 0.05) is 39.3 Å². The van der Waals surface area contributed by atoms with Gasteiger partial charge in [-0.1, -0.05) is 0 Å². The second-order valence-corrected chi connectivity index (χ2v) is 6.66. The molecule has 1 atom stereocenters. The Kier molecular flexibility index (Phi) is 3.63. The molecule has 2 aliphatic rings. The van der Waals surface area contributed by atoms with Crippen LogP contribution >= 0.6 is 0 Å². The predicted molar refractivity (Wildman–Crippen MR) is 86.8 cm³/mol. The number of nitrogens with zero attached hydrogens (tertiary/aromatic N) is 6. The highest BCUT2D eigenvalue weighted by molar-refractivity contribution is 5.39. The molecule has 23 heavy (non-hydrogen) atoms. The zero-order chi connectivity index (χ0) is 15.8. The lowest BCUT2D eigenvalue weighted by Crippen LogP contribution is -2.35. The van der Waals surface area contributed by atoms with E-state index >= 15 is 0 Å². The first-order valence-corrected chi connectivity index (χ1v) is 8.29. The number of aromatic nitrogens is 4. The van der Waals surface area contributed by atoms with Gasteiger partial charge in [0.1, 0.15) is 11.6 Å². The third-order valence-electron chi connectivity index (χ3n) is 4.53. The van der Waals surface area contributed by atoms with Crippen LogP contribution < -0.4 is 9.80 Å². The van der Waals surface area contributed by atoms with Crippen molar-refractivity contribution in [3.05, 3.63) is 24.0 Å². The molecule has 2 fully saturated rings. The molecule has 0 bridgehead atoms. The van der Waals surface area contributed by atoms with Gasteiger partial charge in [-0.25, -0.2) is 9.97 Å². The molecule has 2 aromatic rings. The van der Waals surface area contributed by atoms with Gasteiger partial charge in [-0.2, -0.15) is 4.98 Å². The molecule has 7 nitrogen and oxygen atoms in total. The average molecular weight is 314 g/mol. The van der Waals surface area contributed by atoms with Crippen LogP contribution in [0, 0.1) is 0 Å². The molecule has 0 amide bonds. The quantitative estimate of drug-likeness (QED) is 0.856. The maximum Gasteiger partial charge on any atom is 0.265 e. The minimum absolute atomic E-state index is 0.268. The topological polar surface area (TPSA) is 71.2 Å². The molecule has 0 aromatic carbocycles. The summed E-state index contributed by atoms with van der Waals surface area (Å²) in [6.07, 6.45) is 6.51. The molecule has 4 rings (SSSR count). The highest BCUT2D eigenvalue weighted by atomic mass is 16.5. The molecule has 122 valence electrons. The summed E-state index contributed by atoms with van der Waals surface area (Å²) in [5, 5.41) is 4.03. The summed E-state index contributed by atoms with van der Waals surface area (Å²) in [5.74, 6) is 4.24. The Bertz CT molecular complexity index is 681. The standard InChI is InChI=1S/C16H22N6O/c1-21(2)16-19-15(23-20-16)12-4-3-9-22(10-12)13-7-8-17-14(18-13)11-5-6-11/h7-8,11-12H,3-6,9-10H2,1-2H3. The molecule has 3 heterocycles. The van der Waals surface area contributed by atoms with Gasteiger partial charge in [0.2, 0.25) is 5.89 Å². The Morgan fingerprint density at radius 1 is 1.17 bits per heavy atom. The van der Waals surface area contributed by atoms with Gasteiger partial charge < -0.3 is 14.3 Å². The van der Waals surface area contributed by atoms with Crippen LogP contribution in [0.1, 0.15) is 49.2 Å². The van der Waals surface area contributed by atoms with Gasteiger partial charge in [0.05, 0.1) is 5.92 Å². The predicted octanol–water partition coefficient (Wildman–Crippen LogP) is 2.19. The van der Waals surface area contributed by atoms with E-state index in [0.717, 1.165) is 43.5 Å². The van der Waals surface area contributed by atoms with Gasteiger partial charge in [0.25, 0.3) is 5.95 Å². The maximum atomic E-state index is 5.46. The van der Waals surface area contributed by atoms with Crippen molar-refractivity contribution in [2.75, 3.05) is 37.0 Å². The monoisotopic (exact) mass is 314 g/mol. The van der Waals surface area contributed by atoms with Crippen molar-refractivity contribution in [1.82, 2.24) is 20.1 Å². The van der Waals surface area contributed by atoms with Crippen LogP contribution in [0.5, 0.6) is 0 Å². The largest absolute Gasteiger partial charge is 0.356 e. The minimum atomic E-state index is 0.268. The van der Waals surface area contributed by atoms with Crippen LogP contribution in [0.3, 0.4) is 0 Å². The van der Waals surface area contributed by atoms with Crippen LogP contribution in [-0.2, 0) is 0 Å². The Morgan fingerprint density at radius 2 is 2.04 bits per heavy atom. The smallest absolute Gasteiger partial charge is 0.265 e. The molecule has 7 heteroatoms. The highest BCUT2D eigenvalue weighted by Crippen LogP contribution is 2.38. The van der Waals surface area contributed by atoms with Crippen molar-refractivity contribution in [1.29, 1.82) is 0 Å². The van der Waals surface area contributed by atoms with Crippen molar-refractivity contribution in [3.63, 3.8) is 0 Å². The third kappa shape index (κ3) is 3.00. The number of hydrogen-bond donors (Lipinski definition) is 0. The molecule has 0 spiro atoms. The van der Waals surface area contributed by atoms with Crippen molar-refractivity contribution in [2.24, 2.45) is 0 Å². The van der Waals surface area contributed by atoms with E-state index in [0.29, 0.717) is 11.9 Å². The van der Waals surface area contributed by atoms with Crippen molar-refractivity contribution in [3.8, 4) is 0 Å². The summed E-state index contributed by atoms with van der Waals surface area (Å²) < 4.78 is 5.46. The Morgan fingerprint density at radius 3 is 2.78 bits per heavy atom. The van der Waals surface area contributed by atoms with Gasteiger partial charge in [-0.05, 0) is 36.9 Å². The lowest BCUT2D eigenvalue weighted by Gasteiger charge is -2.32. The summed E-state index contributed by atoms with van der Waals surface area (Å²) >= 11 is 0. The van der Waals surface area contributed by atoms with E-state index < -0.39 is 0 Å². The molecule has 2 aromatic heterocycles. The molecule has 1 saturated carbocycles.